The molecule has 0 unspecified atom stereocenters. The molecule has 4 N–H and O–H groups in total. The zero-order chi connectivity index (χ0) is 38.1. The lowest BCUT2D eigenvalue weighted by Crippen LogP contribution is -1.88. The summed E-state index contributed by atoms with van der Waals surface area (Å²) in [7, 11) is 0. The fourth-order valence-corrected chi connectivity index (χ4v) is 5.91. The highest BCUT2D eigenvalue weighted by atomic mass is 35.5. The molecule has 0 aromatic heterocycles. The van der Waals surface area contributed by atoms with Crippen LogP contribution in [0.25, 0.3) is 0 Å². The van der Waals surface area contributed by atoms with Gasteiger partial charge in [0, 0.05) is 11.4 Å². The van der Waals surface area contributed by atoms with E-state index in [9.17, 15) is 15.3 Å². The molecule has 0 amide bonds. The average Bonchev–Trinajstić information content (AvgIpc) is 3.14. The van der Waals surface area contributed by atoms with Crippen LogP contribution in [-0.2, 0) is 19.3 Å². The van der Waals surface area contributed by atoms with E-state index in [1.54, 1.807) is 54.6 Å². The Kier molecular flexibility index (Phi) is 22.5. The number of hydrogen-bond donors (Lipinski definition) is 4. The zero-order valence-electron chi connectivity index (χ0n) is 30.2. The summed E-state index contributed by atoms with van der Waals surface area (Å²) in [5.74, 6) is 0.819. The first-order valence-corrected chi connectivity index (χ1v) is 19.5. The van der Waals surface area contributed by atoms with E-state index in [1.807, 2.05) is 54.6 Å². The lowest BCUT2D eigenvalue weighted by atomic mass is 10.0. The molecule has 0 aliphatic heterocycles. The molecule has 0 bridgehead atoms. The van der Waals surface area contributed by atoms with E-state index in [0.29, 0.717) is 32.3 Å². The second-order valence-corrected chi connectivity index (χ2v) is 14.0. The van der Waals surface area contributed by atoms with Crippen molar-refractivity contribution in [3.8, 4) is 23.0 Å². The van der Waals surface area contributed by atoms with Crippen molar-refractivity contribution >= 4 is 46.4 Å². The number of aryl methyl sites for hydroxylation is 2. The Morgan fingerprint density at radius 1 is 0.423 bits per heavy atom. The van der Waals surface area contributed by atoms with Gasteiger partial charge in [0.05, 0.1) is 15.1 Å². The van der Waals surface area contributed by atoms with Crippen molar-refractivity contribution in [3.05, 3.63) is 152 Å². The molecular formula is C44H52Cl4O4. The normalized spacial score (nSPS) is 10.2. The molecule has 5 aromatic carbocycles. The number of hydrogen-bond acceptors (Lipinski definition) is 4. The number of phenols is 4. The van der Waals surface area contributed by atoms with Gasteiger partial charge in [0.1, 0.15) is 23.0 Å². The first-order valence-electron chi connectivity index (χ1n) is 17.9. The molecule has 0 atom stereocenters. The maximum absolute atomic E-state index is 9.64. The van der Waals surface area contributed by atoms with Crippen LogP contribution in [0.3, 0.4) is 0 Å². The summed E-state index contributed by atoms with van der Waals surface area (Å²) in [4.78, 5) is 0. The Bertz CT molecular complexity index is 1690. The van der Waals surface area contributed by atoms with Gasteiger partial charge in [-0.3, -0.25) is 0 Å². The molecule has 5 aromatic rings. The largest absolute Gasteiger partial charge is 0.508 e. The van der Waals surface area contributed by atoms with E-state index in [1.165, 1.54) is 44.9 Å². The maximum Gasteiger partial charge on any atom is 0.134 e. The third-order valence-corrected chi connectivity index (χ3v) is 9.52. The topological polar surface area (TPSA) is 80.9 Å². The van der Waals surface area contributed by atoms with Gasteiger partial charge in [-0.05, 0) is 90.4 Å². The van der Waals surface area contributed by atoms with Crippen molar-refractivity contribution in [2.24, 2.45) is 0 Å². The molecule has 5 rings (SSSR count). The molecule has 0 fully saturated rings. The highest BCUT2D eigenvalue weighted by Gasteiger charge is 2.05. The fraction of sp³-hybridized carbons (Fsp3) is 0.318. The van der Waals surface area contributed by atoms with Gasteiger partial charge in [-0.1, -0.05) is 172 Å². The van der Waals surface area contributed by atoms with Crippen molar-refractivity contribution in [3.63, 3.8) is 0 Å². The third kappa shape index (κ3) is 17.8. The summed E-state index contributed by atoms with van der Waals surface area (Å²) in [6.45, 7) is 4.41. The second kappa shape index (κ2) is 26.3. The molecule has 52 heavy (non-hydrogen) atoms. The van der Waals surface area contributed by atoms with Gasteiger partial charge >= 0.3 is 0 Å². The van der Waals surface area contributed by atoms with E-state index >= 15 is 0 Å². The van der Waals surface area contributed by atoms with Crippen molar-refractivity contribution < 1.29 is 20.4 Å². The smallest absolute Gasteiger partial charge is 0.134 e. The molecule has 280 valence electrons. The average molecular weight is 787 g/mol. The number of halogens is 4. The number of benzene rings is 5. The van der Waals surface area contributed by atoms with Gasteiger partial charge in [0.25, 0.3) is 0 Å². The second-order valence-electron chi connectivity index (χ2n) is 12.4. The number of rotatable bonds is 13. The summed E-state index contributed by atoms with van der Waals surface area (Å²) in [5.41, 5.74) is 4.14. The van der Waals surface area contributed by atoms with Crippen molar-refractivity contribution in [1.29, 1.82) is 0 Å². The van der Waals surface area contributed by atoms with Gasteiger partial charge in [0.15, 0.2) is 0 Å². The quantitative estimate of drug-likeness (QED) is 0.0896. The molecule has 0 heterocycles. The van der Waals surface area contributed by atoms with Crippen molar-refractivity contribution in [2.75, 3.05) is 0 Å². The standard InChI is InChI=1S/C13H11ClO.C13H19ClO.C12H17ClO.C6H5ClO/c14-12-6-7-13(15)11(9-12)8-10-4-2-1-3-5-10;1-2-3-4-5-6-8-11-9-7-10-12(15)13(11)14;1-2-3-4-5-7-10-8-6-9-11(14)12(10)13;7-5-3-1-2-4-6(5)8/h1-7,9,15H,8H2;7,9-10,15H,2-6,8H2,1H3;6,8-9,14H,2-5,7H2,1H3;1-4,8H. The van der Waals surface area contributed by atoms with Gasteiger partial charge in [-0.25, -0.2) is 0 Å². The number of phenolic OH excluding ortho intramolecular Hbond substituents is 4. The molecule has 0 aliphatic carbocycles. The lowest BCUT2D eigenvalue weighted by Gasteiger charge is -2.05. The fourth-order valence-electron chi connectivity index (χ4n) is 5.14. The van der Waals surface area contributed by atoms with E-state index in [0.717, 1.165) is 47.9 Å². The van der Waals surface area contributed by atoms with Crippen LogP contribution in [0.4, 0.5) is 0 Å². The molecule has 0 radical (unpaired) electrons. The molecule has 0 saturated carbocycles. The highest BCUT2D eigenvalue weighted by Crippen LogP contribution is 2.29. The third-order valence-electron chi connectivity index (χ3n) is 8.10. The zero-order valence-corrected chi connectivity index (χ0v) is 33.2. The van der Waals surface area contributed by atoms with Gasteiger partial charge in [-0.15, -0.1) is 0 Å². The van der Waals surface area contributed by atoms with Crippen molar-refractivity contribution in [1.82, 2.24) is 0 Å². The van der Waals surface area contributed by atoms with E-state index < -0.39 is 0 Å². The predicted molar refractivity (Wildman–Crippen MR) is 222 cm³/mol. The molecular weight excluding hydrogens is 734 g/mol. The van der Waals surface area contributed by atoms with E-state index in [-0.39, 0.29) is 17.2 Å². The summed E-state index contributed by atoms with van der Waals surface area (Å²) in [5, 5.41) is 39.3. The van der Waals surface area contributed by atoms with Crippen LogP contribution in [0.15, 0.2) is 109 Å². The summed E-state index contributed by atoms with van der Waals surface area (Å²) >= 11 is 23.3. The summed E-state index contributed by atoms with van der Waals surface area (Å²) in [6, 6.07) is 32.7. The maximum atomic E-state index is 9.64. The Balaban J connectivity index is 0.000000245. The minimum absolute atomic E-state index is 0.133. The molecule has 4 nitrogen and oxygen atoms in total. The van der Waals surface area contributed by atoms with Crippen LogP contribution < -0.4 is 0 Å². The Morgan fingerprint density at radius 2 is 0.904 bits per heavy atom. The van der Waals surface area contributed by atoms with Crippen LogP contribution in [0.5, 0.6) is 23.0 Å². The molecule has 8 heteroatoms. The molecule has 0 saturated heterocycles. The van der Waals surface area contributed by atoms with Crippen LogP contribution >= 0.6 is 46.4 Å². The number of para-hydroxylation sites is 1. The van der Waals surface area contributed by atoms with Gasteiger partial charge < -0.3 is 20.4 Å². The van der Waals surface area contributed by atoms with Crippen LogP contribution in [0.2, 0.25) is 20.1 Å². The minimum atomic E-state index is 0.133. The van der Waals surface area contributed by atoms with E-state index in [4.69, 9.17) is 51.5 Å². The first-order chi connectivity index (χ1) is 25.1. The van der Waals surface area contributed by atoms with Crippen LogP contribution in [0, 0.1) is 0 Å². The Hall–Kier alpha value is -3.54. The Morgan fingerprint density at radius 3 is 1.40 bits per heavy atom. The summed E-state index contributed by atoms with van der Waals surface area (Å²) < 4.78 is 0. The predicted octanol–water partition coefficient (Wildman–Crippen LogP) is 14.4. The Labute approximate surface area is 330 Å². The minimum Gasteiger partial charge on any atom is -0.508 e. The van der Waals surface area contributed by atoms with Crippen LogP contribution in [-0.4, -0.2) is 20.4 Å². The van der Waals surface area contributed by atoms with Crippen LogP contribution in [0.1, 0.15) is 93.9 Å². The lowest BCUT2D eigenvalue weighted by molar-refractivity contribution is 0.469. The molecule has 0 spiro atoms. The monoisotopic (exact) mass is 784 g/mol. The highest BCUT2D eigenvalue weighted by molar-refractivity contribution is 6.33. The SMILES string of the molecule is CCCCCCCc1cccc(O)c1Cl.CCCCCCc1cccc(O)c1Cl.Oc1ccc(Cl)cc1Cc1ccccc1.Oc1ccccc1Cl. The summed E-state index contributed by atoms with van der Waals surface area (Å²) in [6.07, 6.45) is 13.8. The number of unbranched alkanes of at least 4 members (excludes halogenated alkanes) is 7. The molecule has 0 aliphatic rings. The van der Waals surface area contributed by atoms with Gasteiger partial charge in [0.2, 0.25) is 0 Å². The van der Waals surface area contributed by atoms with Gasteiger partial charge in [-0.2, -0.15) is 0 Å². The number of aromatic hydroxyl groups is 4. The van der Waals surface area contributed by atoms with E-state index in [2.05, 4.69) is 13.8 Å². The first kappa shape index (κ1) is 44.6. The van der Waals surface area contributed by atoms with Crippen molar-refractivity contribution in [2.45, 2.75) is 90.9 Å².